The maximum atomic E-state index is 13.1. The fourth-order valence-corrected chi connectivity index (χ4v) is 2.78. The van der Waals surface area contributed by atoms with Crippen LogP contribution in [0.15, 0.2) is 60.9 Å². The van der Waals surface area contributed by atoms with Crippen LogP contribution in [-0.4, -0.2) is 27.8 Å². The first-order valence-corrected chi connectivity index (χ1v) is 7.69. The molecule has 6 nitrogen and oxygen atoms in total. The Morgan fingerprint density at radius 1 is 0.885 bits per heavy atom. The van der Waals surface area contributed by atoms with Gasteiger partial charge in [-0.05, 0) is 29.8 Å². The van der Waals surface area contributed by atoms with Crippen LogP contribution in [0.4, 0.5) is 4.39 Å². The molecule has 0 radical (unpaired) electrons. The van der Waals surface area contributed by atoms with Gasteiger partial charge in [-0.1, -0.05) is 29.3 Å². The molecule has 1 aliphatic heterocycles. The molecule has 0 saturated heterocycles. The van der Waals surface area contributed by atoms with Crippen molar-refractivity contribution in [3.8, 4) is 11.1 Å². The van der Waals surface area contributed by atoms with Gasteiger partial charge in [0.2, 0.25) is 0 Å². The van der Waals surface area contributed by atoms with Gasteiger partial charge in [-0.25, -0.2) is 9.18 Å². The molecule has 2 amide bonds. The minimum absolute atomic E-state index is 0.119. The number of halogens is 1. The Morgan fingerprint density at radius 3 is 2.12 bits per heavy atom. The molecular formula is C19H11FN2O4. The first-order valence-electron chi connectivity index (χ1n) is 7.69. The minimum atomic E-state index is -0.875. The minimum Gasteiger partial charge on any atom is -0.366 e. The second-order valence-corrected chi connectivity index (χ2v) is 5.62. The van der Waals surface area contributed by atoms with Crippen LogP contribution in [0.25, 0.3) is 11.1 Å². The Kier molecular flexibility index (Phi) is 3.62. The molecular weight excluding hydrogens is 339 g/mol. The van der Waals surface area contributed by atoms with E-state index in [1.54, 1.807) is 18.3 Å². The molecule has 0 aliphatic carbocycles. The first kappa shape index (κ1) is 15.8. The average molecular weight is 350 g/mol. The summed E-state index contributed by atoms with van der Waals surface area (Å²) in [5.41, 5.74) is 1.53. The predicted octanol–water partition coefficient (Wildman–Crippen LogP) is 3.19. The largest absolute Gasteiger partial charge is 0.366 e. The maximum absolute atomic E-state index is 13.1. The van der Waals surface area contributed by atoms with Crippen molar-refractivity contribution < 1.29 is 23.6 Å². The summed E-state index contributed by atoms with van der Waals surface area (Å²) in [5.74, 6) is -2.67. The van der Waals surface area contributed by atoms with Gasteiger partial charge in [0.1, 0.15) is 5.82 Å². The fraction of sp³-hybridized carbons (Fsp3) is 0. The van der Waals surface area contributed by atoms with Crippen molar-refractivity contribution in [2.75, 3.05) is 0 Å². The molecule has 1 N–H and O–H groups in total. The molecule has 26 heavy (non-hydrogen) atoms. The highest BCUT2D eigenvalue weighted by Gasteiger charge is 2.39. The topological polar surface area (TPSA) is 79.5 Å². The van der Waals surface area contributed by atoms with Gasteiger partial charge in [-0.2, -0.15) is 0 Å². The van der Waals surface area contributed by atoms with Gasteiger partial charge in [-0.15, -0.1) is 0 Å². The number of nitrogens with zero attached hydrogens (tertiary/aromatic N) is 1. The fourth-order valence-electron chi connectivity index (χ4n) is 2.78. The van der Waals surface area contributed by atoms with Crippen LogP contribution >= 0.6 is 0 Å². The third-order valence-corrected chi connectivity index (χ3v) is 4.05. The number of benzene rings is 2. The van der Waals surface area contributed by atoms with E-state index in [9.17, 15) is 18.8 Å². The summed E-state index contributed by atoms with van der Waals surface area (Å²) in [5, 5.41) is 0.453. The van der Waals surface area contributed by atoms with Crippen LogP contribution in [0.1, 0.15) is 31.1 Å². The first-order chi connectivity index (χ1) is 12.6. The quantitative estimate of drug-likeness (QED) is 0.736. The van der Waals surface area contributed by atoms with E-state index in [4.69, 9.17) is 4.84 Å². The number of amides is 2. The molecule has 3 aromatic rings. The summed E-state index contributed by atoms with van der Waals surface area (Å²) in [6.07, 6.45) is 2.94. The number of nitrogens with one attached hydrogen (secondary N) is 1. The Hall–Kier alpha value is -3.74. The molecule has 0 fully saturated rings. The molecule has 0 spiro atoms. The maximum Gasteiger partial charge on any atom is 0.366 e. The Morgan fingerprint density at radius 2 is 1.50 bits per heavy atom. The Bertz CT molecular complexity index is 1000. The number of hydrogen-bond acceptors (Lipinski definition) is 4. The number of hydroxylamine groups is 2. The third kappa shape index (κ3) is 2.46. The number of imide groups is 1. The van der Waals surface area contributed by atoms with Crippen molar-refractivity contribution in [2.45, 2.75) is 0 Å². The van der Waals surface area contributed by atoms with Crippen molar-refractivity contribution in [3.63, 3.8) is 0 Å². The van der Waals surface area contributed by atoms with Crippen molar-refractivity contribution in [1.29, 1.82) is 0 Å². The molecule has 0 atom stereocenters. The predicted molar refractivity (Wildman–Crippen MR) is 88.5 cm³/mol. The number of rotatable bonds is 3. The van der Waals surface area contributed by atoms with Crippen LogP contribution in [0.5, 0.6) is 0 Å². The van der Waals surface area contributed by atoms with Gasteiger partial charge in [-0.3, -0.25) is 9.59 Å². The van der Waals surface area contributed by atoms with Crippen LogP contribution in [0.3, 0.4) is 0 Å². The molecule has 1 aromatic heterocycles. The monoisotopic (exact) mass is 350 g/mol. The Balaban J connectivity index is 1.61. The number of hydrogen-bond donors (Lipinski definition) is 1. The highest BCUT2D eigenvalue weighted by molar-refractivity contribution is 6.21. The summed E-state index contributed by atoms with van der Waals surface area (Å²) < 4.78 is 13.1. The lowest BCUT2D eigenvalue weighted by Gasteiger charge is -2.13. The van der Waals surface area contributed by atoms with Crippen LogP contribution in [0.2, 0.25) is 0 Å². The second-order valence-electron chi connectivity index (χ2n) is 5.62. The number of H-pyrrole nitrogens is 1. The van der Waals surface area contributed by atoms with Gasteiger partial charge >= 0.3 is 5.97 Å². The third-order valence-electron chi connectivity index (χ3n) is 4.05. The number of carbonyl (C=O) groups excluding carboxylic acids is 3. The highest BCUT2D eigenvalue weighted by Crippen LogP contribution is 2.27. The molecule has 1 aliphatic rings. The van der Waals surface area contributed by atoms with Gasteiger partial charge in [0.15, 0.2) is 0 Å². The average Bonchev–Trinajstić information content (AvgIpc) is 3.23. The molecule has 2 aromatic carbocycles. The van der Waals surface area contributed by atoms with E-state index in [0.717, 1.165) is 0 Å². The normalized spacial score (nSPS) is 13.0. The molecule has 2 heterocycles. The van der Waals surface area contributed by atoms with Crippen molar-refractivity contribution in [2.24, 2.45) is 0 Å². The zero-order chi connectivity index (χ0) is 18.3. The van der Waals surface area contributed by atoms with E-state index in [-0.39, 0.29) is 16.7 Å². The van der Waals surface area contributed by atoms with Gasteiger partial charge < -0.3 is 9.82 Å². The zero-order valence-corrected chi connectivity index (χ0v) is 13.2. The van der Waals surface area contributed by atoms with Crippen LogP contribution < -0.4 is 0 Å². The van der Waals surface area contributed by atoms with E-state index >= 15 is 0 Å². The Labute approximate surface area is 146 Å². The van der Waals surface area contributed by atoms with E-state index in [2.05, 4.69) is 4.98 Å². The van der Waals surface area contributed by atoms with E-state index in [1.807, 2.05) is 0 Å². The zero-order valence-electron chi connectivity index (χ0n) is 13.2. The van der Waals surface area contributed by atoms with E-state index in [0.29, 0.717) is 16.2 Å². The van der Waals surface area contributed by atoms with Gasteiger partial charge in [0, 0.05) is 18.0 Å². The molecule has 128 valence electrons. The molecule has 0 bridgehead atoms. The number of aromatic nitrogens is 1. The van der Waals surface area contributed by atoms with E-state index in [1.165, 1.54) is 42.6 Å². The lowest BCUT2D eigenvalue weighted by atomic mass is 10.1. The molecule has 7 heteroatoms. The number of carbonyl (C=O) groups is 3. The standard InChI is InChI=1S/C19H11FN2O4/c20-12-7-5-11(6-8-12)15-9-21-10-16(15)19(25)26-22-17(23)13-3-1-2-4-14(13)18(22)24/h1-10,21H. The number of fused-ring (bicyclic) bond motifs is 1. The summed E-state index contributed by atoms with van der Waals surface area (Å²) in [6, 6.07) is 11.8. The van der Waals surface area contributed by atoms with Crippen LogP contribution in [0, 0.1) is 5.82 Å². The lowest BCUT2D eigenvalue weighted by Crippen LogP contribution is -2.32. The van der Waals surface area contributed by atoms with Gasteiger partial charge in [0.05, 0.1) is 16.7 Å². The van der Waals surface area contributed by atoms with Gasteiger partial charge in [0.25, 0.3) is 11.8 Å². The summed E-state index contributed by atoms with van der Waals surface area (Å²) in [6.45, 7) is 0. The molecule has 4 rings (SSSR count). The van der Waals surface area contributed by atoms with Crippen molar-refractivity contribution in [3.05, 3.63) is 83.4 Å². The summed E-state index contributed by atoms with van der Waals surface area (Å²) in [7, 11) is 0. The van der Waals surface area contributed by atoms with Crippen molar-refractivity contribution >= 4 is 17.8 Å². The van der Waals surface area contributed by atoms with Crippen LogP contribution in [-0.2, 0) is 4.84 Å². The number of aromatic amines is 1. The van der Waals surface area contributed by atoms with E-state index < -0.39 is 23.6 Å². The SMILES string of the molecule is O=C(ON1C(=O)c2ccccc2C1=O)c1c[nH]cc1-c1ccc(F)cc1. The lowest BCUT2D eigenvalue weighted by molar-refractivity contribution is -0.0583. The van der Waals surface area contributed by atoms with Crippen molar-refractivity contribution in [1.82, 2.24) is 10.0 Å². The summed E-state index contributed by atoms with van der Waals surface area (Å²) >= 11 is 0. The molecule has 0 unspecified atom stereocenters. The summed E-state index contributed by atoms with van der Waals surface area (Å²) in [4.78, 5) is 44.9. The molecule has 0 saturated carbocycles. The highest BCUT2D eigenvalue weighted by atomic mass is 19.1. The second kappa shape index (κ2) is 5.96. The smallest absolute Gasteiger partial charge is 0.366 e.